The number of methoxy groups -OCH3 is 3. The van der Waals surface area contributed by atoms with Crippen LogP contribution in [0.5, 0.6) is 17.2 Å². The van der Waals surface area contributed by atoms with Gasteiger partial charge in [0, 0.05) is 4.88 Å². The van der Waals surface area contributed by atoms with Crippen molar-refractivity contribution in [1.29, 1.82) is 0 Å². The van der Waals surface area contributed by atoms with Crippen LogP contribution in [-0.2, 0) is 0 Å². The fraction of sp³-hybridized carbons (Fsp3) is 0.286. The van der Waals surface area contributed by atoms with Crippen LogP contribution in [0.15, 0.2) is 29.6 Å². The first-order valence-corrected chi connectivity index (χ1v) is 6.68. The molecule has 1 aromatic carbocycles. The summed E-state index contributed by atoms with van der Waals surface area (Å²) in [6.07, 6.45) is 0. The second-order valence-corrected chi connectivity index (χ2v) is 4.93. The van der Waals surface area contributed by atoms with Crippen LogP contribution in [0.25, 0.3) is 0 Å². The van der Waals surface area contributed by atoms with Crippen molar-refractivity contribution in [1.82, 2.24) is 0 Å². The van der Waals surface area contributed by atoms with E-state index in [1.54, 1.807) is 32.7 Å². The Balaban J connectivity index is 2.47. The molecular formula is C14H17NO3S. The van der Waals surface area contributed by atoms with Gasteiger partial charge in [0.25, 0.3) is 0 Å². The van der Waals surface area contributed by atoms with Gasteiger partial charge in [-0.05, 0) is 29.1 Å². The summed E-state index contributed by atoms with van der Waals surface area (Å²) in [5.41, 5.74) is 7.19. The van der Waals surface area contributed by atoms with Gasteiger partial charge in [-0.25, -0.2) is 0 Å². The second-order valence-electron chi connectivity index (χ2n) is 3.95. The van der Waals surface area contributed by atoms with Crippen molar-refractivity contribution in [3.63, 3.8) is 0 Å². The lowest BCUT2D eigenvalue weighted by molar-refractivity contribution is 0.323. The molecule has 0 aliphatic rings. The van der Waals surface area contributed by atoms with E-state index in [0.717, 1.165) is 10.4 Å². The van der Waals surface area contributed by atoms with Gasteiger partial charge in [-0.15, -0.1) is 11.3 Å². The number of hydrogen-bond donors (Lipinski definition) is 1. The van der Waals surface area contributed by atoms with Crippen LogP contribution < -0.4 is 19.9 Å². The Bertz CT molecular complexity index is 515. The maximum atomic E-state index is 6.26. The van der Waals surface area contributed by atoms with Gasteiger partial charge in [0.05, 0.1) is 27.4 Å². The van der Waals surface area contributed by atoms with Gasteiger partial charge >= 0.3 is 0 Å². The Morgan fingerprint density at radius 2 is 1.68 bits per heavy atom. The molecule has 4 nitrogen and oxygen atoms in total. The number of nitrogens with two attached hydrogens (primary N) is 1. The van der Waals surface area contributed by atoms with Gasteiger partial charge in [-0.2, -0.15) is 0 Å². The predicted molar refractivity (Wildman–Crippen MR) is 76.4 cm³/mol. The quantitative estimate of drug-likeness (QED) is 0.914. The van der Waals surface area contributed by atoms with Gasteiger partial charge in [0.15, 0.2) is 11.5 Å². The Hall–Kier alpha value is -1.72. The van der Waals surface area contributed by atoms with E-state index in [1.807, 2.05) is 29.6 Å². The van der Waals surface area contributed by atoms with Gasteiger partial charge in [0.2, 0.25) is 5.75 Å². The fourth-order valence-corrected chi connectivity index (χ4v) is 2.67. The Kier molecular flexibility index (Phi) is 4.29. The number of hydrogen-bond acceptors (Lipinski definition) is 5. The Morgan fingerprint density at radius 1 is 1.05 bits per heavy atom. The minimum absolute atomic E-state index is 0.200. The smallest absolute Gasteiger partial charge is 0.203 e. The molecule has 0 aliphatic carbocycles. The molecule has 1 unspecified atom stereocenters. The van der Waals surface area contributed by atoms with Crippen molar-refractivity contribution < 1.29 is 14.2 Å². The van der Waals surface area contributed by atoms with Crippen LogP contribution in [0.4, 0.5) is 0 Å². The van der Waals surface area contributed by atoms with Gasteiger partial charge in [-0.1, -0.05) is 6.07 Å². The zero-order valence-corrected chi connectivity index (χ0v) is 12.0. The third kappa shape index (κ3) is 2.67. The minimum atomic E-state index is -0.200. The molecule has 1 atom stereocenters. The molecule has 2 N–H and O–H groups in total. The van der Waals surface area contributed by atoms with Crippen molar-refractivity contribution in [3.05, 3.63) is 40.1 Å². The van der Waals surface area contributed by atoms with Crippen LogP contribution in [0.3, 0.4) is 0 Å². The number of ether oxygens (including phenoxy) is 3. The summed E-state index contributed by atoms with van der Waals surface area (Å²) in [6, 6.07) is 7.56. The monoisotopic (exact) mass is 279 g/mol. The lowest BCUT2D eigenvalue weighted by Gasteiger charge is -2.17. The molecule has 2 aromatic rings. The summed E-state index contributed by atoms with van der Waals surface area (Å²) in [6.45, 7) is 0. The molecule has 102 valence electrons. The Morgan fingerprint density at radius 3 is 2.11 bits per heavy atom. The average molecular weight is 279 g/mol. The van der Waals surface area contributed by atoms with Crippen LogP contribution >= 0.6 is 11.3 Å². The third-order valence-corrected chi connectivity index (χ3v) is 3.85. The van der Waals surface area contributed by atoms with E-state index in [4.69, 9.17) is 19.9 Å². The van der Waals surface area contributed by atoms with Crippen molar-refractivity contribution in [2.45, 2.75) is 6.04 Å². The van der Waals surface area contributed by atoms with Crippen LogP contribution in [0.2, 0.25) is 0 Å². The molecule has 1 aromatic heterocycles. The molecule has 0 amide bonds. The molecule has 2 rings (SSSR count). The maximum absolute atomic E-state index is 6.26. The average Bonchev–Trinajstić information content (AvgIpc) is 2.98. The molecule has 0 saturated heterocycles. The fourth-order valence-electron chi connectivity index (χ4n) is 1.91. The zero-order chi connectivity index (χ0) is 13.8. The molecule has 0 saturated carbocycles. The Labute approximate surface area is 116 Å². The summed E-state index contributed by atoms with van der Waals surface area (Å²) in [4.78, 5) is 1.09. The largest absolute Gasteiger partial charge is 0.493 e. The first kappa shape index (κ1) is 13.7. The minimum Gasteiger partial charge on any atom is -0.493 e. The van der Waals surface area contributed by atoms with Crippen molar-refractivity contribution in [2.75, 3.05) is 21.3 Å². The molecule has 0 spiro atoms. The van der Waals surface area contributed by atoms with Crippen molar-refractivity contribution in [2.24, 2.45) is 5.73 Å². The predicted octanol–water partition coefficient (Wildman–Crippen LogP) is 2.82. The van der Waals surface area contributed by atoms with E-state index >= 15 is 0 Å². The molecule has 0 radical (unpaired) electrons. The van der Waals surface area contributed by atoms with Crippen LogP contribution in [-0.4, -0.2) is 21.3 Å². The summed E-state index contributed by atoms with van der Waals surface area (Å²) in [5, 5.41) is 2.01. The zero-order valence-electron chi connectivity index (χ0n) is 11.2. The second kappa shape index (κ2) is 5.95. The van der Waals surface area contributed by atoms with Gasteiger partial charge in [0.1, 0.15) is 0 Å². The van der Waals surface area contributed by atoms with E-state index < -0.39 is 0 Å². The van der Waals surface area contributed by atoms with E-state index in [9.17, 15) is 0 Å². The van der Waals surface area contributed by atoms with Crippen LogP contribution in [0, 0.1) is 0 Å². The number of benzene rings is 1. The van der Waals surface area contributed by atoms with E-state index in [1.165, 1.54) is 0 Å². The topological polar surface area (TPSA) is 53.7 Å². The van der Waals surface area contributed by atoms with Gasteiger partial charge in [-0.3, -0.25) is 0 Å². The maximum Gasteiger partial charge on any atom is 0.203 e. The van der Waals surface area contributed by atoms with E-state index in [0.29, 0.717) is 17.2 Å². The lowest BCUT2D eigenvalue weighted by atomic mass is 10.0. The normalized spacial score (nSPS) is 12.0. The summed E-state index contributed by atoms with van der Waals surface area (Å²) >= 11 is 1.62. The highest BCUT2D eigenvalue weighted by atomic mass is 32.1. The molecular weight excluding hydrogens is 262 g/mol. The first-order chi connectivity index (χ1) is 9.21. The molecule has 0 bridgehead atoms. The molecule has 19 heavy (non-hydrogen) atoms. The van der Waals surface area contributed by atoms with Gasteiger partial charge < -0.3 is 19.9 Å². The molecule has 5 heteroatoms. The number of rotatable bonds is 5. The highest BCUT2D eigenvalue weighted by Gasteiger charge is 2.18. The SMILES string of the molecule is COc1cc(C(N)c2cccs2)cc(OC)c1OC. The number of thiophene rings is 1. The van der Waals surface area contributed by atoms with Crippen LogP contribution in [0.1, 0.15) is 16.5 Å². The standard InChI is InChI=1S/C14H17NO3S/c1-16-10-7-9(8-11(17-2)14(10)18-3)13(15)12-5-4-6-19-12/h4-8,13H,15H2,1-3H3. The summed E-state index contributed by atoms with van der Waals surface area (Å²) in [5.74, 6) is 1.81. The summed E-state index contributed by atoms with van der Waals surface area (Å²) in [7, 11) is 4.77. The summed E-state index contributed by atoms with van der Waals surface area (Å²) < 4.78 is 16.0. The molecule has 0 fully saturated rings. The first-order valence-electron chi connectivity index (χ1n) is 5.80. The highest BCUT2D eigenvalue weighted by molar-refractivity contribution is 7.10. The van der Waals surface area contributed by atoms with E-state index in [-0.39, 0.29) is 6.04 Å². The lowest BCUT2D eigenvalue weighted by Crippen LogP contribution is -2.11. The highest BCUT2D eigenvalue weighted by Crippen LogP contribution is 2.40. The van der Waals surface area contributed by atoms with Crippen molar-refractivity contribution in [3.8, 4) is 17.2 Å². The van der Waals surface area contributed by atoms with E-state index in [2.05, 4.69) is 0 Å². The molecule has 0 aliphatic heterocycles. The van der Waals surface area contributed by atoms with Crippen molar-refractivity contribution >= 4 is 11.3 Å². The molecule has 1 heterocycles. The third-order valence-electron chi connectivity index (χ3n) is 2.90.